The molecule has 1 aromatic carbocycles. The second kappa shape index (κ2) is 6.04. The van der Waals surface area contributed by atoms with Crippen LogP contribution in [0.15, 0.2) is 40.8 Å². The van der Waals surface area contributed by atoms with Gasteiger partial charge in [0.25, 0.3) is 5.91 Å². The molecule has 0 aliphatic heterocycles. The molecule has 0 saturated heterocycles. The molecule has 2 aromatic rings. The van der Waals surface area contributed by atoms with Gasteiger partial charge in [-0.15, -0.1) is 0 Å². The van der Waals surface area contributed by atoms with Gasteiger partial charge in [-0.25, -0.2) is 0 Å². The van der Waals surface area contributed by atoms with Crippen LogP contribution in [0, 0.1) is 12.8 Å². The molecule has 1 aromatic heterocycles. The third-order valence-electron chi connectivity index (χ3n) is 3.60. The highest BCUT2D eigenvalue weighted by molar-refractivity contribution is 5.91. The van der Waals surface area contributed by atoms with Gasteiger partial charge in [-0.1, -0.05) is 18.2 Å². The van der Waals surface area contributed by atoms with Gasteiger partial charge in [0.15, 0.2) is 5.76 Å². The third-order valence-corrected chi connectivity index (χ3v) is 3.60. The molecule has 1 aliphatic carbocycles. The summed E-state index contributed by atoms with van der Waals surface area (Å²) in [4.78, 5) is 11.9. The van der Waals surface area contributed by atoms with Crippen LogP contribution in [0.2, 0.25) is 0 Å². The molecule has 110 valence electrons. The number of benzene rings is 1. The largest absolute Gasteiger partial charge is 0.485 e. The number of nitrogens with one attached hydrogen (secondary N) is 1. The molecule has 0 spiro atoms. The van der Waals surface area contributed by atoms with Gasteiger partial charge in [0, 0.05) is 6.54 Å². The van der Waals surface area contributed by atoms with Crippen LogP contribution in [0.25, 0.3) is 0 Å². The Bertz CT molecular complexity index is 628. The smallest absolute Gasteiger partial charge is 0.287 e. The van der Waals surface area contributed by atoms with E-state index >= 15 is 0 Å². The minimum Gasteiger partial charge on any atom is -0.485 e. The Balaban J connectivity index is 1.54. The lowest BCUT2D eigenvalue weighted by molar-refractivity contribution is 0.0920. The molecule has 1 fully saturated rings. The van der Waals surface area contributed by atoms with Crippen LogP contribution in [-0.2, 0) is 6.61 Å². The highest BCUT2D eigenvalue weighted by Gasteiger charge is 2.22. The Hall–Kier alpha value is -2.23. The van der Waals surface area contributed by atoms with Crippen LogP contribution in [0.1, 0.15) is 34.7 Å². The van der Waals surface area contributed by atoms with E-state index in [4.69, 9.17) is 9.15 Å². The number of ether oxygens (including phenoxy) is 1. The number of rotatable bonds is 6. The van der Waals surface area contributed by atoms with Crippen LogP contribution in [0.3, 0.4) is 0 Å². The van der Waals surface area contributed by atoms with Gasteiger partial charge in [0.1, 0.15) is 18.1 Å². The first-order chi connectivity index (χ1) is 10.2. The number of carbonyl (C=O) groups excluding carboxylic acids is 1. The van der Waals surface area contributed by atoms with Crippen molar-refractivity contribution in [2.24, 2.45) is 5.92 Å². The number of para-hydroxylation sites is 1. The zero-order valence-corrected chi connectivity index (χ0v) is 12.1. The molecule has 0 radical (unpaired) electrons. The highest BCUT2D eigenvalue weighted by Crippen LogP contribution is 2.27. The lowest BCUT2D eigenvalue weighted by Crippen LogP contribution is -2.24. The van der Waals surface area contributed by atoms with Crippen LogP contribution in [-0.4, -0.2) is 12.5 Å². The second-order valence-electron chi connectivity index (χ2n) is 5.47. The number of amides is 1. The summed E-state index contributed by atoms with van der Waals surface area (Å²) in [5, 5.41) is 2.88. The van der Waals surface area contributed by atoms with E-state index in [-0.39, 0.29) is 5.91 Å². The molecular weight excluding hydrogens is 266 g/mol. The molecule has 4 nitrogen and oxygen atoms in total. The fourth-order valence-electron chi connectivity index (χ4n) is 2.09. The summed E-state index contributed by atoms with van der Waals surface area (Å²) >= 11 is 0. The van der Waals surface area contributed by atoms with Crippen molar-refractivity contribution in [3.63, 3.8) is 0 Å². The third kappa shape index (κ3) is 3.66. The molecule has 3 rings (SSSR count). The molecule has 0 atom stereocenters. The summed E-state index contributed by atoms with van der Waals surface area (Å²) in [5.74, 6) is 2.33. The van der Waals surface area contributed by atoms with Crippen LogP contribution >= 0.6 is 0 Å². The predicted molar refractivity (Wildman–Crippen MR) is 79.3 cm³/mol. The maximum atomic E-state index is 11.9. The maximum Gasteiger partial charge on any atom is 0.287 e. The van der Waals surface area contributed by atoms with Gasteiger partial charge in [0.05, 0.1) is 0 Å². The lowest BCUT2D eigenvalue weighted by atomic mass is 10.2. The molecule has 1 saturated carbocycles. The standard InChI is InChI=1S/C17H19NO3/c1-12-4-2-3-5-15(12)20-11-14-8-9-16(21-14)17(19)18-10-13-6-7-13/h2-5,8-9,13H,6-7,10-11H2,1H3,(H,18,19). The SMILES string of the molecule is Cc1ccccc1OCc1ccc(C(=O)NCC2CC2)o1. The van der Waals surface area contributed by atoms with E-state index in [0.29, 0.717) is 24.0 Å². The van der Waals surface area contributed by atoms with Gasteiger partial charge >= 0.3 is 0 Å². The first-order valence-electron chi connectivity index (χ1n) is 7.28. The van der Waals surface area contributed by atoms with Crippen LogP contribution < -0.4 is 10.1 Å². The Morgan fingerprint density at radius 3 is 2.86 bits per heavy atom. The van der Waals surface area contributed by atoms with E-state index in [9.17, 15) is 4.79 Å². The fourth-order valence-corrected chi connectivity index (χ4v) is 2.09. The number of hydrogen-bond donors (Lipinski definition) is 1. The zero-order chi connectivity index (χ0) is 14.7. The molecule has 0 bridgehead atoms. The molecule has 21 heavy (non-hydrogen) atoms. The second-order valence-corrected chi connectivity index (χ2v) is 5.47. The van der Waals surface area contributed by atoms with E-state index in [1.807, 2.05) is 31.2 Å². The topological polar surface area (TPSA) is 51.5 Å². The first kappa shape index (κ1) is 13.7. The Morgan fingerprint density at radius 2 is 2.10 bits per heavy atom. The van der Waals surface area contributed by atoms with Gasteiger partial charge in [-0.2, -0.15) is 0 Å². The summed E-state index contributed by atoms with van der Waals surface area (Å²) in [6.45, 7) is 3.06. The van der Waals surface area contributed by atoms with Gasteiger partial charge < -0.3 is 14.5 Å². The van der Waals surface area contributed by atoms with E-state index in [1.165, 1.54) is 12.8 Å². The number of furan rings is 1. The predicted octanol–water partition coefficient (Wildman–Crippen LogP) is 3.31. The molecule has 1 heterocycles. The summed E-state index contributed by atoms with van der Waals surface area (Å²) < 4.78 is 11.2. The molecule has 0 unspecified atom stereocenters. The fraction of sp³-hybridized carbons (Fsp3) is 0.353. The average Bonchev–Trinajstić information content (AvgIpc) is 3.20. The zero-order valence-electron chi connectivity index (χ0n) is 12.1. The summed E-state index contributed by atoms with van der Waals surface area (Å²) in [7, 11) is 0. The van der Waals surface area contributed by atoms with Crippen molar-refractivity contribution in [2.75, 3.05) is 6.54 Å². The highest BCUT2D eigenvalue weighted by atomic mass is 16.5. The Kier molecular flexibility index (Phi) is 3.95. The minimum atomic E-state index is -0.149. The molecule has 4 heteroatoms. The van der Waals surface area contributed by atoms with Gasteiger partial charge in [-0.05, 0) is 49.4 Å². The van der Waals surface area contributed by atoms with Crippen LogP contribution in [0.4, 0.5) is 0 Å². The number of carbonyl (C=O) groups is 1. The molecule has 1 aliphatic rings. The van der Waals surface area contributed by atoms with Gasteiger partial charge in [-0.3, -0.25) is 4.79 Å². The number of hydrogen-bond acceptors (Lipinski definition) is 3. The Labute approximate surface area is 124 Å². The monoisotopic (exact) mass is 285 g/mol. The summed E-state index contributed by atoms with van der Waals surface area (Å²) in [6, 6.07) is 11.3. The van der Waals surface area contributed by atoms with E-state index in [0.717, 1.165) is 17.9 Å². The Morgan fingerprint density at radius 1 is 1.29 bits per heavy atom. The van der Waals surface area contributed by atoms with Crippen molar-refractivity contribution in [3.8, 4) is 5.75 Å². The van der Waals surface area contributed by atoms with E-state index in [2.05, 4.69) is 5.32 Å². The van der Waals surface area contributed by atoms with Crippen molar-refractivity contribution < 1.29 is 13.9 Å². The van der Waals surface area contributed by atoms with Crippen molar-refractivity contribution in [3.05, 3.63) is 53.5 Å². The normalized spacial score (nSPS) is 14.0. The van der Waals surface area contributed by atoms with Crippen molar-refractivity contribution >= 4 is 5.91 Å². The van der Waals surface area contributed by atoms with Crippen molar-refractivity contribution in [2.45, 2.75) is 26.4 Å². The molecule has 1 amide bonds. The summed E-state index contributed by atoms with van der Waals surface area (Å²) in [6.07, 6.45) is 2.43. The minimum absolute atomic E-state index is 0.149. The van der Waals surface area contributed by atoms with Gasteiger partial charge in [0.2, 0.25) is 0 Å². The number of aryl methyl sites for hydroxylation is 1. The van der Waals surface area contributed by atoms with E-state index < -0.39 is 0 Å². The quantitative estimate of drug-likeness (QED) is 0.886. The van der Waals surface area contributed by atoms with Crippen LogP contribution in [0.5, 0.6) is 5.75 Å². The molecule has 1 N–H and O–H groups in total. The van der Waals surface area contributed by atoms with Crippen molar-refractivity contribution in [1.29, 1.82) is 0 Å². The lowest BCUT2D eigenvalue weighted by Gasteiger charge is -2.06. The summed E-state index contributed by atoms with van der Waals surface area (Å²) in [5.41, 5.74) is 1.08. The maximum absolute atomic E-state index is 11.9. The molecular formula is C17H19NO3. The van der Waals surface area contributed by atoms with E-state index in [1.54, 1.807) is 12.1 Å². The average molecular weight is 285 g/mol. The van der Waals surface area contributed by atoms with Crippen molar-refractivity contribution in [1.82, 2.24) is 5.32 Å². The first-order valence-corrected chi connectivity index (χ1v) is 7.28.